The lowest BCUT2D eigenvalue weighted by Gasteiger charge is -2.34. The Balaban J connectivity index is 1.76. The molecule has 0 aliphatic carbocycles. The number of ether oxygens (including phenoxy) is 1. The average molecular weight is 460 g/mol. The van der Waals surface area contributed by atoms with Crippen molar-refractivity contribution >= 4 is 22.7 Å². The van der Waals surface area contributed by atoms with Crippen LogP contribution in [0.3, 0.4) is 0 Å². The number of amides is 2. The van der Waals surface area contributed by atoms with Crippen LogP contribution in [0.4, 0.5) is 0 Å². The molecule has 2 amide bonds. The van der Waals surface area contributed by atoms with Crippen LogP contribution >= 0.6 is 0 Å². The molecule has 1 aromatic heterocycles. The van der Waals surface area contributed by atoms with Crippen molar-refractivity contribution in [2.24, 2.45) is 11.1 Å². The van der Waals surface area contributed by atoms with Gasteiger partial charge in [0.1, 0.15) is 6.04 Å². The molecule has 1 aliphatic heterocycles. The average Bonchev–Trinajstić information content (AvgIpc) is 3.15. The molecule has 0 saturated carbocycles. The summed E-state index contributed by atoms with van der Waals surface area (Å²) >= 11 is 0. The van der Waals surface area contributed by atoms with E-state index in [1.807, 2.05) is 49.7 Å². The van der Waals surface area contributed by atoms with E-state index in [-0.39, 0.29) is 12.5 Å². The highest BCUT2D eigenvalue weighted by Crippen LogP contribution is 2.24. The molecule has 1 atom stereocenters. The van der Waals surface area contributed by atoms with Crippen molar-refractivity contribution in [1.29, 1.82) is 0 Å². The molecule has 182 valence electrons. The number of nitrogens with two attached hydrogens (primary N) is 1. The van der Waals surface area contributed by atoms with Crippen LogP contribution in [0, 0.1) is 5.41 Å². The van der Waals surface area contributed by atoms with Gasteiger partial charge in [0.15, 0.2) is 5.69 Å². The van der Waals surface area contributed by atoms with Crippen molar-refractivity contribution in [3.05, 3.63) is 30.0 Å². The van der Waals surface area contributed by atoms with Gasteiger partial charge in [-0.25, -0.2) is 0 Å². The van der Waals surface area contributed by atoms with Crippen LogP contribution in [0.25, 0.3) is 10.9 Å². The highest BCUT2D eigenvalue weighted by atomic mass is 16.5. The van der Waals surface area contributed by atoms with E-state index in [1.165, 1.54) is 0 Å². The van der Waals surface area contributed by atoms with E-state index >= 15 is 0 Å². The van der Waals surface area contributed by atoms with Crippen molar-refractivity contribution in [3.8, 4) is 0 Å². The minimum atomic E-state index is -0.987. The number of unbranched alkanes of at least 4 members (excludes halogenated alkanes) is 1. The Morgan fingerprint density at radius 3 is 2.61 bits per heavy atom. The first-order valence-electron chi connectivity index (χ1n) is 11.7. The number of benzene rings is 1. The topological polar surface area (TPSA) is 132 Å². The van der Waals surface area contributed by atoms with Crippen molar-refractivity contribution < 1.29 is 19.4 Å². The van der Waals surface area contributed by atoms with Crippen LogP contribution in [0.1, 0.15) is 56.9 Å². The van der Waals surface area contributed by atoms with Gasteiger partial charge in [-0.2, -0.15) is 5.10 Å². The molecular formula is C24H37N5O4. The number of hydrogen-bond donors (Lipinski definition) is 4. The fourth-order valence-corrected chi connectivity index (χ4v) is 4.03. The Morgan fingerprint density at radius 2 is 1.94 bits per heavy atom. The number of rotatable bonds is 9. The summed E-state index contributed by atoms with van der Waals surface area (Å²) in [6.07, 6.45) is 2.67. The molecule has 9 heteroatoms. The first kappa shape index (κ1) is 25.1. The van der Waals surface area contributed by atoms with Crippen LogP contribution in [-0.2, 0) is 16.1 Å². The number of carbonyl (C=O) groups is 2. The van der Waals surface area contributed by atoms with E-state index in [2.05, 4.69) is 15.7 Å². The van der Waals surface area contributed by atoms with Gasteiger partial charge in [0.25, 0.3) is 5.91 Å². The Bertz CT molecular complexity index is 959. The zero-order valence-corrected chi connectivity index (χ0v) is 19.9. The van der Waals surface area contributed by atoms with E-state index in [9.17, 15) is 14.7 Å². The number of para-hydroxylation sites is 1. The molecule has 1 aromatic carbocycles. The molecule has 2 heterocycles. The number of hydrogen-bond acceptors (Lipinski definition) is 6. The summed E-state index contributed by atoms with van der Waals surface area (Å²) in [6.45, 7) is 8.00. The molecule has 1 fully saturated rings. The van der Waals surface area contributed by atoms with Gasteiger partial charge in [-0.3, -0.25) is 14.3 Å². The highest BCUT2D eigenvalue weighted by Gasteiger charge is 2.36. The third-order valence-corrected chi connectivity index (χ3v) is 6.12. The first-order chi connectivity index (χ1) is 15.6. The lowest BCUT2D eigenvalue weighted by atomic mass is 9.85. The Labute approximate surface area is 195 Å². The minimum Gasteiger partial charge on any atom is -0.388 e. The van der Waals surface area contributed by atoms with Gasteiger partial charge >= 0.3 is 0 Å². The Kier molecular flexibility index (Phi) is 8.10. The molecule has 1 unspecified atom stereocenters. The van der Waals surface area contributed by atoms with E-state index < -0.39 is 23.0 Å². The predicted octanol–water partition coefficient (Wildman–Crippen LogP) is 1.58. The lowest BCUT2D eigenvalue weighted by molar-refractivity contribution is -0.128. The SMILES string of the molecule is CC(C)(C)C(NC(=O)c1nn(CCCCN)c2ccccc12)C(=O)NCC1(O)CCOCC1. The van der Waals surface area contributed by atoms with Crippen LogP contribution in [0.2, 0.25) is 0 Å². The monoisotopic (exact) mass is 459 g/mol. The molecule has 1 aliphatic rings. The van der Waals surface area contributed by atoms with Gasteiger partial charge in [-0.1, -0.05) is 39.0 Å². The number of fused-ring (bicyclic) bond motifs is 1. The minimum absolute atomic E-state index is 0.121. The van der Waals surface area contributed by atoms with Crippen molar-refractivity contribution in [3.63, 3.8) is 0 Å². The summed E-state index contributed by atoms with van der Waals surface area (Å²) in [5.74, 6) is -0.730. The van der Waals surface area contributed by atoms with Gasteiger partial charge in [0.2, 0.25) is 5.91 Å². The molecule has 0 radical (unpaired) electrons. The van der Waals surface area contributed by atoms with E-state index in [0.29, 0.717) is 44.8 Å². The number of nitrogens with zero attached hydrogens (tertiary/aromatic N) is 2. The van der Waals surface area contributed by atoms with Crippen LogP contribution in [0.15, 0.2) is 24.3 Å². The fraction of sp³-hybridized carbons (Fsp3) is 0.625. The normalized spacial score (nSPS) is 17.0. The second-order valence-electron chi connectivity index (χ2n) is 9.91. The van der Waals surface area contributed by atoms with E-state index in [4.69, 9.17) is 10.5 Å². The van der Waals surface area contributed by atoms with Gasteiger partial charge in [-0.05, 0) is 30.9 Å². The number of aromatic nitrogens is 2. The molecule has 2 aromatic rings. The molecule has 5 N–H and O–H groups in total. The third-order valence-electron chi connectivity index (χ3n) is 6.12. The van der Waals surface area contributed by atoms with Gasteiger partial charge < -0.3 is 26.2 Å². The van der Waals surface area contributed by atoms with Gasteiger partial charge in [0, 0.05) is 44.5 Å². The zero-order chi connectivity index (χ0) is 24.1. The summed E-state index contributed by atoms with van der Waals surface area (Å²) in [7, 11) is 0. The molecule has 1 saturated heterocycles. The summed E-state index contributed by atoms with van der Waals surface area (Å²) in [5.41, 5.74) is 5.25. The van der Waals surface area contributed by atoms with Crippen molar-refractivity contribution in [2.45, 2.75) is 64.6 Å². The lowest BCUT2D eigenvalue weighted by Crippen LogP contribution is -2.56. The van der Waals surface area contributed by atoms with Crippen LogP contribution in [-0.4, -0.2) is 64.6 Å². The van der Waals surface area contributed by atoms with Crippen molar-refractivity contribution in [2.75, 3.05) is 26.3 Å². The Morgan fingerprint density at radius 1 is 1.24 bits per heavy atom. The van der Waals surface area contributed by atoms with E-state index in [0.717, 1.165) is 23.7 Å². The van der Waals surface area contributed by atoms with E-state index in [1.54, 1.807) is 0 Å². The highest BCUT2D eigenvalue weighted by molar-refractivity contribution is 6.06. The maximum atomic E-state index is 13.3. The third kappa shape index (κ3) is 6.31. The zero-order valence-electron chi connectivity index (χ0n) is 19.9. The molecule has 9 nitrogen and oxygen atoms in total. The maximum Gasteiger partial charge on any atom is 0.273 e. The molecule has 0 spiro atoms. The first-order valence-corrected chi connectivity index (χ1v) is 11.7. The number of aryl methyl sites for hydroxylation is 1. The quantitative estimate of drug-likeness (QED) is 0.421. The molecular weight excluding hydrogens is 422 g/mol. The largest absolute Gasteiger partial charge is 0.388 e. The number of nitrogens with one attached hydrogen (secondary N) is 2. The second-order valence-corrected chi connectivity index (χ2v) is 9.91. The molecule has 3 rings (SSSR count). The maximum absolute atomic E-state index is 13.3. The number of carbonyl (C=O) groups excluding carboxylic acids is 2. The summed E-state index contributed by atoms with van der Waals surface area (Å²) in [6, 6.07) is 6.79. The summed E-state index contributed by atoms with van der Waals surface area (Å²) in [4.78, 5) is 26.4. The summed E-state index contributed by atoms with van der Waals surface area (Å²) < 4.78 is 7.12. The second kappa shape index (κ2) is 10.6. The summed E-state index contributed by atoms with van der Waals surface area (Å²) in [5, 5.41) is 21.7. The van der Waals surface area contributed by atoms with Crippen LogP contribution < -0.4 is 16.4 Å². The molecule has 0 bridgehead atoms. The van der Waals surface area contributed by atoms with Crippen LogP contribution in [0.5, 0.6) is 0 Å². The van der Waals surface area contributed by atoms with Gasteiger partial charge in [0.05, 0.1) is 11.1 Å². The Hall–Kier alpha value is -2.49. The van der Waals surface area contributed by atoms with Gasteiger partial charge in [-0.15, -0.1) is 0 Å². The number of aliphatic hydroxyl groups is 1. The molecule has 33 heavy (non-hydrogen) atoms. The van der Waals surface area contributed by atoms with Crippen molar-refractivity contribution in [1.82, 2.24) is 20.4 Å². The predicted molar refractivity (Wildman–Crippen MR) is 127 cm³/mol. The standard InChI is InChI=1S/C24H37N5O4/c1-23(2,3)20(22(31)26-16-24(32)10-14-33-15-11-24)27-21(30)19-17-8-4-5-9-18(17)29(28-19)13-7-6-12-25/h4-5,8-9,20,32H,6-7,10-16,25H2,1-3H3,(H,26,31)(H,27,30). The smallest absolute Gasteiger partial charge is 0.273 e. The fourth-order valence-electron chi connectivity index (χ4n) is 4.03.